The minimum Gasteiger partial charge on any atom is -0.348 e. The molecule has 0 bridgehead atoms. The fourth-order valence-corrected chi connectivity index (χ4v) is 5.73. The van der Waals surface area contributed by atoms with E-state index in [0.717, 1.165) is 59.3 Å². The summed E-state index contributed by atoms with van der Waals surface area (Å²) < 4.78 is 0.958. The average Bonchev–Trinajstić information content (AvgIpc) is 3.38. The molecular formula is C22H27N5OS2. The number of hydrogen-bond donors (Lipinski definition) is 1. The number of anilines is 2. The van der Waals surface area contributed by atoms with E-state index in [9.17, 15) is 4.79 Å². The third-order valence-electron chi connectivity index (χ3n) is 5.13. The van der Waals surface area contributed by atoms with Gasteiger partial charge in [0.05, 0.1) is 5.75 Å². The first-order valence-corrected chi connectivity index (χ1v) is 12.4. The number of aromatic nitrogens is 3. The van der Waals surface area contributed by atoms with E-state index >= 15 is 0 Å². The Hall–Kier alpha value is -2.19. The van der Waals surface area contributed by atoms with E-state index in [1.54, 1.807) is 11.3 Å². The van der Waals surface area contributed by atoms with Gasteiger partial charge in [-0.2, -0.15) is 4.98 Å². The van der Waals surface area contributed by atoms with E-state index in [-0.39, 0.29) is 5.91 Å². The molecule has 2 aromatic heterocycles. The van der Waals surface area contributed by atoms with Gasteiger partial charge in [0.1, 0.15) is 16.1 Å². The van der Waals surface area contributed by atoms with Crippen molar-refractivity contribution in [2.75, 3.05) is 29.1 Å². The van der Waals surface area contributed by atoms with E-state index in [4.69, 9.17) is 4.98 Å². The molecular weight excluding hydrogens is 414 g/mol. The van der Waals surface area contributed by atoms with Crippen LogP contribution in [0.5, 0.6) is 0 Å². The van der Waals surface area contributed by atoms with Crippen LogP contribution in [-0.2, 0) is 17.6 Å². The number of fused-ring (bicyclic) bond motifs is 2. The van der Waals surface area contributed by atoms with Crippen LogP contribution in [0.1, 0.15) is 44.2 Å². The predicted octanol–water partition coefficient (Wildman–Crippen LogP) is 4.93. The van der Waals surface area contributed by atoms with Crippen molar-refractivity contribution in [3.05, 3.63) is 35.7 Å². The molecule has 158 valence electrons. The van der Waals surface area contributed by atoms with Crippen molar-refractivity contribution in [2.24, 2.45) is 0 Å². The Morgan fingerprint density at radius 3 is 2.77 bits per heavy atom. The highest BCUT2D eigenvalue weighted by Crippen LogP contribution is 2.34. The molecule has 2 heterocycles. The number of nitrogens with one attached hydrogen (secondary N) is 1. The number of nitrogens with zero attached hydrogens (tertiary/aromatic N) is 4. The topological polar surface area (TPSA) is 71.0 Å². The Labute approximate surface area is 185 Å². The summed E-state index contributed by atoms with van der Waals surface area (Å²) in [5.74, 6) is 0.289. The van der Waals surface area contributed by atoms with Crippen molar-refractivity contribution in [1.29, 1.82) is 0 Å². The lowest BCUT2D eigenvalue weighted by molar-refractivity contribution is -0.113. The van der Waals surface area contributed by atoms with Crippen LogP contribution in [0.3, 0.4) is 0 Å². The second-order valence-electron chi connectivity index (χ2n) is 7.49. The number of amides is 1. The highest BCUT2D eigenvalue weighted by atomic mass is 32.2. The first-order valence-electron chi connectivity index (χ1n) is 10.6. The van der Waals surface area contributed by atoms with E-state index < -0.39 is 0 Å². The summed E-state index contributed by atoms with van der Waals surface area (Å²) >= 11 is 3.06. The summed E-state index contributed by atoms with van der Waals surface area (Å²) in [4.78, 5) is 28.3. The lowest BCUT2D eigenvalue weighted by Crippen LogP contribution is -2.24. The van der Waals surface area contributed by atoms with Gasteiger partial charge in [0.15, 0.2) is 10.8 Å². The van der Waals surface area contributed by atoms with Gasteiger partial charge in [-0.25, -0.2) is 9.97 Å². The molecule has 30 heavy (non-hydrogen) atoms. The second-order valence-corrected chi connectivity index (χ2v) is 9.43. The molecule has 0 saturated heterocycles. The van der Waals surface area contributed by atoms with Crippen LogP contribution in [0.25, 0.3) is 10.3 Å². The third kappa shape index (κ3) is 4.75. The summed E-state index contributed by atoms with van der Waals surface area (Å²) in [7, 11) is 0. The smallest absolute Gasteiger partial charge is 0.234 e. The van der Waals surface area contributed by atoms with Gasteiger partial charge < -0.3 is 10.2 Å². The number of rotatable bonds is 9. The Morgan fingerprint density at radius 2 is 1.97 bits per heavy atom. The molecule has 6 nitrogen and oxygen atoms in total. The molecule has 0 saturated carbocycles. The van der Waals surface area contributed by atoms with Gasteiger partial charge in [-0.15, -0.1) is 0 Å². The van der Waals surface area contributed by atoms with Crippen molar-refractivity contribution in [3.63, 3.8) is 0 Å². The molecule has 1 aliphatic rings. The monoisotopic (exact) mass is 441 g/mol. The first kappa shape index (κ1) is 21.1. The van der Waals surface area contributed by atoms with Gasteiger partial charge in [-0.1, -0.05) is 43.0 Å². The Bertz CT molecular complexity index is 1030. The van der Waals surface area contributed by atoms with Crippen LogP contribution in [0.15, 0.2) is 29.6 Å². The summed E-state index contributed by atoms with van der Waals surface area (Å²) in [5.41, 5.74) is 4.36. The number of hydrogen-bond acceptors (Lipinski definition) is 7. The summed E-state index contributed by atoms with van der Waals surface area (Å²) in [5, 5.41) is 4.83. The van der Waals surface area contributed by atoms with Crippen molar-refractivity contribution in [3.8, 4) is 0 Å². The summed E-state index contributed by atoms with van der Waals surface area (Å²) in [6.45, 7) is 6.31. The molecule has 0 fully saturated rings. The lowest BCUT2D eigenvalue weighted by atomic mass is 10.1. The quantitative estimate of drug-likeness (QED) is 0.375. The summed E-state index contributed by atoms with van der Waals surface area (Å²) in [6, 6.07) is 6.25. The van der Waals surface area contributed by atoms with Crippen molar-refractivity contribution < 1.29 is 4.79 Å². The number of aryl methyl sites for hydroxylation is 2. The zero-order chi connectivity index (χ0) is 20.9. The Balaban J connectivity index is 1.43. The van der Waals surface area contributed by atoms with Crippen molar-refractivity contribution >= 4 is 50.2 Å². The molecule has 4 rings (SSSR count). The van der Waals surface area contributed by atoms with Gasteiger partial charge in [-0.05, 0) is 55.4 Å². The van der Waals surface area contributed by atoms with Gasteiger partial charge in [0.25, 0.3) is 0 Å². The average molecular weight is 442 g/mol. The molecule has 1 aromatic carbocycles. The Morgan fingerprint density at radius 1 is 1.17 bits per heavy atom. The van der Waals surface area contributed by atoms with Gasteiger partial charge >= 0.3 is 0 Å². The van der Waals surface area contributed by atoms with Crippen molar-refractivity contribution in [2.45, 2.75) is 51.0 Å². The van der Waals surface area contributed by atoms with Crippen LogP contribution < -0.4 is 10.2 Å². The molecule has 1 amide bonds. The van der Waals surface area contributed by atoms with E-state index in [0.29, 0.717) is 11.4 Å². The molecule has 3 aromatic rings. The first-order chi connectivity index (χ1) is 14.7. The number of carbonyl (C=O) groups is 1. The van der Waals surface area contributed by atoms with Gasteiger partial charge in [0.2, 0.25) is 5.91 Å². The number of benzene rings is 1. The molecule has 0 spiro atoms. The maximum Gasteiger partial charge on any atom is 0.234 e. The van der Waals surface area contributed by atoms with Crippen LogP contribution in [-0.4, -0.2) is 39.7 Å². The zero-order valence-corrected chi connectivity index (χ0v) is 19.1. The number of thiazole rings is 1. The fourth-order valence-electron chi connectivity index (χ4n) is 3.78. The minimum atomic E-state index is -0.0203. The molecule has 0 unspecified atom stereocenters. The molecule has 0 radical (unpaired) electrons. The standard InChI is InChI=1S/C22H27N5OS2/c1-3-10-27(11-4-2)22-26-20-19(30-22)21(24-14-23-20)29-13-18(28)25-17-9-8-15-6-5-7-16(15)12-17/h8-9,12,14H,3-7,10-11,13H2,1-2H3,(H,25,28). The highest BCUT2D eigenvalue weighted by molar-refractivity contribution is 8.00. The Kier molecular flexibility index (Phi) is 6.84. The maximum absolute atomic E-state index is 12.5. The third-order valence-corrected chi connectivity index (χ3v) is 7.36. The highest BCUT2D eigenvalue weighted by Gasteiger charge is 2.17. The number of thioether (sulfide) groups is 1. The molecule has 8 heteroatoms. The molecule has 0 aliphatic heterocycles. The maximum atomic E-state index is 12.5. The normalized spacial score (nSPS) is 12.9. The van der Waals surface area contributed by atoms with Crippen LogP contribution in [0, 0.1) is 0 Å². The minimum absolute atomic E-state index is 0.0203. The SMILES string of the molecule is CCCN(CCC)c1nc2ncnc(SCC(=O)Nc3ccc4c(c3)CCC4)c2s1. The fraction of sp³-hybridized carbons (Fsp3) is 0.455. The summed E-state index contributed by atoms with van der Waals surface area (Å²) in [6.07, 6.45) is 7.15. The molecule has 1 aliphatic carbocycles. The van der Waals surface area contributed by atoms with Crippen LogP contribution in [0.2, 0.25) is 0 Å². The van der Waals surface area contributed by atoms with Gasteiger partial charge in [-0.3, -0.25) is 4.79 Å². The van der Waals surface area contributed by atoms with Gasteiger partial charge in [0, 0.05) is 18.8 Å². The largest absolute Gasteiger partial charge is 0.348 e. The molecule has 1 N–H and O–H groups in total. The lowest BCUT2D eigenvalue weighted by Gasteiger charge is -2.19. The van der Waals surface area contributed by atoms with Crippen molar-refractivity contribution in [1.82, 2.24) is 15.0 Å². The zero-order valence-electron chi connectivity index (χ0n) is 17.5. The van der Waals surface area contributed by atoms with E-state index in [1.807, 2.05) is 6.07 Å². The van der Waals surface area contributed by atoms with E-state index in [2.05, 4.69) is 46.2 Å². The predicted molar refractivity (Wildman–Crippen MR) is 126 cm³/mol. The van der Waals surface area contributed by atoms with E-state index in [1.165, 1.54) is 35.6 Å². The van der Waals surface area contributed by atoms with Crippen LogP contribution >= 0.6 is 23.1 Å². The second kappa shape index (κ2) is 9.75. The van der Waals surface area contributed by atoms with Crippen LogP contribution in [0.4, 0.5) is 10.8 Å². The number of carbonyl (C=O) groups excluding carboxylic acids is 1. The molecule has 0 atom stereocenters.